The van der Waals surface area contributed by atoms with Crippen molar-refractivity contribution in [2.45, 2.75) is 24.9 Å². The maximum atomic E-state index is 13.0. The molecule has 0 fully saturated rings. The Labute approximate surface area is 171 Å². The van der Waals surface area contributed by atoms with Crippen LogP contribution in [-0.4, -0.2) is 40.8 Å². The van der Waals surface area contributed by atoms with Crippen LogP contribution in [0.2, 0.25) is 5.15 Å². The van der Waals surface area contributed by atoms with Gasteiger partial charge in [0.1, 0.15) is 0 Å². The van der Waals surface area contributed by atoms with Crippen LogP contribution in [0.25, 0.3) is 15.9 Å². The van der Waals surface area contributed by atoms with Crippen molar-refractivity contribution in [3.05, 3.63) is 46.2 Å². The Balaban J connectivity index is 1.53. The SMILES string of the molecule is CCN1CCc2c([nH]c3ccc(NS(=O)(=O)c4c(Cl)nc5sccn45)cc23)C1. The number of thiazole rings is 1. The van der Waals surface area contributed by atoms with Crippen molar-refractivity contribution in [1.29, 1.82) is 0 Å². The van der Waals surface area contributed by atoms with Crippen LogP contribution < -0.4 is 4.72 Å². The Morgan fingerprint density at radius 2 is 2.25 bits per heavy atom. The van der Waals surface area contributed by atoms with Crippen LogP contribution in [0, 0.1) is 0 Å². The highest BCUT2D eigenvalue weighted by Gasteiger charge is 2.26. The molecule has 0 atom stereocenters. The number of anilines is 1. The third-order valence-electron chi connectivity index (χ3n) is 5.19. The van der Waals surface area contributed by atoms with Gasteiger partial charge < -0.3 is 4.98 Å². The van der Waals surface area contributed by atoms with Crippen molar-refractivity contribution in [2.24, 2.45) is 0 Å². The quantitative estimate of drug-likeness (QED) is 0.512. The molecule has 5 rings (SSSR count). The van der Waals surface area contributed by atoms with Crippen LogP contribution in [0.3, 0.4) is 0 Å². The number of aromatic nitrogens is 3. The molecule has 0 aliphatic carbocycles. The minimum Gasteiger partial charge on any atom is -0.357 e. The number of likely N-dealkylation sites (N-methyl/N-ethyl adjacent to an activating group) is 1. The van der Waals surface area contributed by atoms with Crippen molar-refractivity contribution in [2.75, 3.05) is 17.8 Å². The Kier molecular flexibility index (Phi) is 4.16. The van der Waals surface area contributed by atoms with E-state index in [1.807, 2.05) is 12.1 Å². The second-order valence-electron chi connectivity index (χ2n) is 6.83. The standard InChI is InChI=1S/C18H18ClN5O2S2/c1-2-23-6-5-12-13-9-11(3-4-14(13)20-15(12)10-23)22-28(25,26)17-16(19)21-18-24(17)7-8-27-18/h3-4,7-9,20,22H,2,5-6,10H2,1H3. The molecule has 7 nitrogen and oxygen atoms in total. The lowest BCUT2D eigenvalue weighted by molar-refractivity contribution is 0.266. The Bertz CT molecular complexity index is 1300. The highest BCUT2D eigenvalue weighted by molar-refractivity contribution is 7.92. The van der Waals surface area contributed by atoms with Gasteiger partial charge in [-0.15, -0.1) is 11.3 Å². The summed E-state index contributed by atoms with van der Waals surface area (Å²) in [5, 5.41) is 2.76. The van der Waals surface area contributed by atoms with E-state index in [4.69, 9.17) is 11.6 Å². The fourth-order valence-corrected chi connectivity index (χ4v) is 6.32. The first kappa shape index (κ1) is 18.0. The van der Waals surface area contributed by atoms with Crippen LogP contribution >= 0.6 is 22.9 Å². The van der Waals surface area contributed by atoms with Gasteiger partial charge in [-0.1, -0.05) is 18.5 Å². The summed E-state index contributed by atoms with van der Waals surface area (Å²) in [6, 6.07) is 5.57. The number of halogens is 1. The first-order valence-corrected chi connectivity index (χ1v) is 11.7. The molecule has 2 N–H and O–H groups in total. The Morgan fingerprint density at radius 3 is 3.07 bits per heavy atom. The summed E-state index contributed by atoms with van der Waals surface area (Å²) in [4.78, 5) is 10.5. The molecule has 28 heavy (non-hydrogen) atoms. The van der Waals surface area contributed by atoms with Crippen molar-refractivity contribution in [3.63, 3.8) is 0 Å². The number of hydrogen-bond acceptors (Lipinski definition) is 5. The Hall–Kier alpha value is -2.07. The zero-order valence-electron chi connectivity index (χ0n) is 15.1. The summed E-state index contributed by atoms with van der Waals surface area (Å²) >= 11 is 7.44. The molecule has 4 aromatic rings. The number of rotatable bonds is 4. The lowest BCUT2D eigenvalue weighted by Gasteiger charge is -2.25. The van der Waals surface area contributed by atoms with Crippen LogP contribution in [0.4, 0.5) is 5.69 Å². The van der Waals surface area contributed by atoms with Crippen LogP contribution in [0.1, 0.15) is 18.2 Å². The monoisotopic (exact) mass is 435 g/mol. The van der Waals surface area contributed by atoms with Gasteiger partial charge in [0, 0.05) is 47.0 Å². The lowest BCUT2D eigenvalue weighted by Crippen LogP contribution is -2.29. The number of aromatic amines is 1. The maximum absolute atomic E-state index is 13.0. The van der Waals surface area contributed by atoms with Gasteiger partial charge in [-0.2, -0.15) is 8.42 Å². The zero-order chi connectivity index (χ0) is 19.5. The molecule has 0 saturated heterocycles. The van der Waals surface area contributed by atoms with E-state index in [2.05, 4.69) is 26.5 Å². The first-order valence-electron chi connectivity index (χ1n) is 8.96. The smallest absolute Gasteiger partial charge is 0.281 e. The molecular formula is C18H18ClN5O2S2. The summed E-state index contributed by atoms with van der Waals surface area (Å²) in [5.74, 6) is 0. The van der Waals surface area contributed by atoms with Gasteiger partial charge in [-0.25, -0.2) is 4.98 Å². The summed E-state index contributed by atoms with van der Waals surface area (Å²) in [6.07, 6.45) is 2.60. The summed E-state index contributed by atoms with van der Waals surface area (Å²) in [6.45, 7) is 5.08. The maximum Gasteiger partial charge on any atom is 0.281 e. The molecule has 0 amide bonds. The molecule has 0 bridgehead atoms. The van der Waals surface area contributed by atoms with Crippen LogP contribution in [0.5, 0.6) is 0 Å². The number of H-pyrrole nitrogens is 1. The molecule has 0 unspecified atom stereocenters. The molecule has 0 saturated carbocycles. The van der Waals surface area contributed by atoms with E-state index in [9.17, 15) is 8.42 Å². The molecule has 1 aliphatic heterocycles. The van der Waals surface area contributed by atoms with E-state index in [0.717, 1.165) is 37.0 Å². The third kappa shape index (κ3) is 2.81. The van der Waals surface area contributed by atoms with E-state index in [-0.39, 0.29) is 10.2 Å². The second kappa shape index (κ2) is 6.48. The molecule has 1 aliphatic rings. The summed E-state index contributed by atoms with van der Waals surface area (Å²) in [7, 11) is -3.88. The molecular weight excluding hydrogens is 418 g/mol. The van der Waals surface area contributed by atoms with E-state index in [1.165, 1.54) is 27.0 Å². The number of nitrogens with one attached hydrogen (secondary N) is 2. The summed E-state index contributed by atoms with van der Waals surface area (Å²) < 4.78 is 30.1. The third-order valence-corrected chi connectivity index (χ3v) is 7.72. The normalized spacial score (nSPS) is 15.4. The topological polar surface area (TPSA) is 82.5 Å². The van der Waals surface area contributed by atoms with Gasteiger partial charge in [0.05, 0.1) is 0 Å². The largest absolute Gasteiger partial charge is 0.357 e. The number of imidazole rings is 1. The highest BCUT2D eigenvalue weighted by Crippen LogP contribution is 2.31. The average Bonchev–Trinajstić information content (AvgIpc) is 3.32. The van der Waals surface area contributed by atoms with E-state index < -0.39 is 10.0 Å². The van der Waals surface area contributed by atoms with Crippen molar-refractivity contribution in [3.8, 4) is 0 Å². The number of sulfonamides is 1. The van der Waals surface area contributed by atoms with Crippen molar-refractivity contribution < 1.29 is 8.42 Å². The number of hydrogen-bond donors (Lipinski definition) is 2. The molecule has 1 aromatic carbocycles. The van der Waals surface area contributed by atoms with Gasteiger partial charge in [0.15, 0.2) is 15.1 Å². The molecule has 0 radical (unpaired) electrons. The zero-order valence-corrected chi connectivity index (χ0v) is 17.5. The number of fused-ring (bicyclic) bond motifs is 4. The fraction of sp³-hybridized carbons (Fsp3) is 0.278. The van der Waals surface area contributed by atoms with Gasteiger partial charge in [-0.3, -0.25) is 14.0 Å². The number of benzene rings is 1. The molecule has 3 aromatic heterocycles. The van der Waals surface area contributed by atoms with Gasteiger partial charge in [-0.05, 0) is 36.7 Å². The minimum absolute atomic E-state index is 0.0286. The van der Waals surface area contributed by atoms with Gasteiger partial charge in [0.2, 0.25) is 0 Å². The molecule has 146 valence electrons. The summed E-state index contributed by atoms with van der Waals surface area (Å²) in [5.41, 5.74) is 4.01. The molecule has 0 spiro atoms. The van der Waals surface area contributed by atoms with E-state index in [0.29, 0.717) is 10.6 Å². The molecule has 10 heteroatoms. The molecule has 4 heterocycles. The Morgan fingerprint density at radius 1 is 1.39 bits per heavy atom. The number of nitrogens with zero attached hydrogens (tertiary/aromatic N) is 3. The van der Waals surface area contributed by atoms with Crippen molar-refractivity contribution >= 4 is 54.5 Å². The van der Waals surface area contributed by atoms with E-state index >= 15 is 0 Å². The lowest BCUT2D eigenvalue weighted by atomic mass is 10.0. The van der Waals surface area contributed by atoms with Crippen LogP contribution in [-0.2, 0) is 23.0 Å². The average molecular weight is 436 g/mol. The highest BCUT2D eigenvalue weighted by atomic mass is 35.5. The predicted molar refractivity (Wildman–Crippen MR) is 112 cm³/mol. The minimum atomic E-state index is -3.88. The van der Waals surface area contributed by atoms with Gasteiger partial charge >= 0.3 is 0 Å². The van der Waals surface area contributed by atoms with Crippen molar-refractivity contribution in [1.82, 2.24) is 19.3 Å². The van der Waals surface area contributed by atoms with Crippen LogP contribution in [0.15, 0.2) is 34.8 Å². The second-order valence-corrected chi connectivity index (χ2v) is 9.66. The van der Waals surface area contributed by atoms with Gasteiger partial charge in [0.25, 0.3) is 10.0 Å². The fourth-order valence-electron chi connectivity index (χ4n) is 3.81. The predicted octanol–water partition coefficient (Wildman–Crippen LogP) is 3.71. The first-order chi connectivity index (χ1) is 13.5. The van der Waals surface area contributed by atoms with E-state index in [1.54, 1.807) is 17.6 Å².